The van der Waals surface area contributed by atoms with E-state index in [1.807, 2.05) is 31.2 Å². The third-order valence-corrected chi connectivity index (χ3v) is 5.39. The number of nitrogens with zero attached hydrogens (tertiary/aromatic N) is 3. The molecule has 174 valence electrons. The fourth-order valence-corrected chi connectivity index (χ4v) is 3.32. The van der Waals surface area contributed by atoms with Gasteiger partial charge in [0, 0.05) is 29.7 Å². The topological polar surface area (TPSA) is 145 Å². The zero-order valence-electron chi connectivity index (χ0n) is 18.3. The number of aromatic nitrogens is 2. The highest BCUT2D eigenvalue weighted by Gasteiger charge is 2.12. The van der Waals surface area contributed by atoms with Crippen LogP contribution in [0, 0.1) is 6.92 Å². The van der Waals surface area contributed by atoms with Crippen LogP contribution >= 0.6 is 23.2 Å². The SMILES string of the molecule is Cc1cccc(N/C(=C\C(N)=NCc2ccc(Cl)c(Cl)c2)c2ccnc(C(=CN)C(N)=O)c2)n1. The second kappa shape index (κ2) is 11.3. The first kappa shape index (κ1) is 24.8. The first-order valence-electron chi connectivity index (χ1n) is 10.1. The van der Waals surface area contributed by atoms with Gasteiger partial charge in [-0.2, -0.15) is 0 Å². The zero-order chi connectivity index (χ0) is 24.7. The van der Waals surface area contributed by atoms with Crippen LogP contribution in [0.1, 0.15) is 22.5 Å². The molecule has 0 bridgehead atoms. The molecule has 1 amide bonds. The molecule has 10 heteroatoms. The molecule has 0 saturated carbocycles. The molecule has 0 fully saturated rings. The molecule has 0 saturated heterocycles. The number of halogens is 2. The van der Waals surface area contributed by atoms with E-state index in [4.69, 9.17) is 40.4 Å². The van der Waals surface area contributed by atoms with Gasteiger partial charge in [0.1, 0.15) is 11.7 Å². The van der Waals surface area contributed by atoms with Crippen molar-refractivity contribution in [3.63, 3.8) is 0 Å². The summed E-state index contributed by atoms with van der Waals surface area (Å²) in [6, 6.07) is 14.3. The van der Waals surface area contributed by atoms with Crippen molar-refractivity contribution in [1.82, 2.24) is 9.97 Å². The Bertz CT molecular complexity index is 1300. The van der Waals surface area contributed by atoms with Crippen LogP contribution in [0.3, 0.4) is 0 Å². The molecule has 0 aliphatic heterocycles. The van der Waals surface area contributed by atoms with Gasteiger partial charge < -0.3 is 22.5 Å². The lowest BCUT2D eigenvalue weighted by Gasteiger charge is -2.13. The maximum absolute atomic E-state index is 11.7. The van der Waals surface area contributed by atoms with E-state index in [1.165, 1.54) is 0 Å². The largest absolute Gasteiger partial charge is 0.404 e. The number of aryl methyl sites for hydroxylation is 1. The van der Waals surface area contributed by atoms with E-state index in [2.05, 4.69) is 20.3 Å². The third kappa shape index (κ3) is 6.57. The van der Waals surface area contributed by atoms with Crippen molar-refractivity contribution in [3.8, 4) is 0 Å². The van der Waals surface area contributed by atoms with E-state index < -0.39 is 5.91 Å². The fourth-order valence-electron chi connectivity index (χ4n) is 3.00. The number of hydrogen-bond acceptors (Lipinski definition) is 6. The quantitative estimate of drug-likeness (QED) is 0.212. The summed E-state index contributed by atoms with van der Waals surface area (Å²) in [5, 5.41) is 4.16. The summed E-state index contributed by atoms with van der Waals surface area (Å²) in [4.78, 5) is 24.8. The predicted octanol–water partition coefficient (Wildman–Crippen LogP) is 3.89. The standard InChI is InChI=1S/C24H23Cl2N7O/c1-14-3-2-4-23(32-14)33-20(16-7-8-30-21(10-16)17(12-27)24(29)34)11-22(28)31-13-15-5-6-18(25)19(26)9-15/h2-12H,13,27H2,1H3,(H2,28,31)(H2,29,34)(H,32,33)/b17-12?,20-11-. The molecule has 0 unspecified atom stereocenters. The first-order valence-corrected chi connectivity index (χ1v) is 10.9. The van der Waals surface area contributed by atoms with Gasteiger partial charge in [0.05, 0.1) is 33.6 Å². The van der Waals surface area contributed by atoms with Crippen molar-refractivity contribution in [3.05, 3.63) is 99.6 Å². The van der Waals surface area contributed by atoms with E-state index in [0.29, 0.717) is 39.4 Å². The summed E-state index contributed by atoms with van der Waals surface area (Å²) < 4.78 is 0. The van der Waals surface area contributed by atoms with Gasteiger partial charge >= 0.3 is 0 Å². The molecule has 0 aliphatic carbocycles. The number of rotatable bonds is 8. The average molecular weight is 496 g/mol. The smallest absolute Gasteiger partial charge is 0.252 e. The van der Waals surface area contributed by atoms with Crippen LogP contribution in [0.4, 0.5) is 5.82 Å². The van der Waals surface area contributed by atoms with Crippen LogP contribution in [-0.4, -0.2) is 21.7 Å². The molecule has 2 aromatic heterocycles. The molecule has 34 heavy (non-hydrogen) atoms. The summed E-state index contributed by atoms with van der Waals surface area (Å²) in [5.74, 6) is 0.171. The van der Waals surface area contributed by atoms with Crippen LogP contribution in [-0.2, 0) is 11.3 Å². The highest BCUT2D eigenvalue weighted by molar-refractivity contribution is 6.42. The number of nitrogens with one attached hydrogen (secondary N) is 1. The van der Waals surface area contributed by atoms with E-state index in [9.17, 15) is 4.79 Å². The second-order valence-electron chi connectivity index (χ2n) is 7.21. The fraction of sp³-hybridized carbons (Fsp3) is 0.0833. The Labute approximate surface area is 207 Å². The van der Waals surface area contributed by atoms with Crippen LogP contribution in [0.25, 0.3) is 11.3 Å². The second-order valence-corrected chi connectivity index (χ2v) is 8.03. The summed E-state index contributed by atoms with van der Waals surface area (Å²) in [6.07, 6.45) is 4.33. The summed E-state index contributed by atoms with van der Waals surface area (Å²) in [7, 11) is 0. The summed E-state index contributed by atoms with van der Waals surface area (Å²) in [5.41, 5.74) is 20.6. The lowest BCUT2D eigenvalue weighted by Crippen LogP contribution is -2.16. The number of anilines is 1. The van der Waals surface area contributed by atoms with Crippen molar-refractivity contribution in [2.45, 2.75) is 13.5 Å². The van der Waals surface area contributed by atoms with E-state index in [1.54, 1.807) is 36.5 Å². The van der Waals surface area contributed by atoms with Crippen LogP contribution in [0.2, 0.25) is 10.0 Å². The maximum atomic E-state index is 11.7. The van der Waals surface area contributed by atoms with Gasteiger partial charge in [0.2, 0.25) is 0 Å². The minimum Gasteiger partial charge on any atom is -0.404 e. The number of aliphatic imine (C=N–C) groups is 1. The number of pyridine rings is 2. The first-order chi connectivity index (χ1) is 16.3. The average Bonchev–Trinajstić information content (AvgIpc) is 2.80. The Hall–Kier alpha value is -3.88. The van der Waals surface area contributed by atoms with Crippen LogP contribution < -0.4 is 22.5 Å². The zero-order valence-corrected chi connectivity index (χ0v) is 19.8. The van der Waals surface area contributed by atoms with Gasteiger partial charge in [-0.25, -0.2) is 4.98 Å². The molecule has 3 rings (SSSR count). The minimum atomic E-state index is -0.686. The van der Waals surface area contributed by atoms with Crippen LogP contribution in [0.15, 0.2) is 72.0 Å². The Morgan fingerprint density at radius 3 is 2.59 bits per heavy atom. The van der Waals surface area contributed by atoms with Gasteiger partial charge in [-0.3, -0.25) is 14.8 Å². The van der Waals surface area contributed by atoms with E-state index in [-0.39, 0.29) is 11.4 Å². The number of amidine groups is 1. The lowest BCUT2D eigenvalue weighted by molar-refractivity contribution is -0.112. The molecule has 2 heterocycles. The minimum absolute atomic E-state index is 0.0936. The van der Waals surface area contributed by atoms with Crippen molar-refractivity contribution in [2.75, 3.05) is 5.32 Å². The molecule has 0 radical (unpaired) electrons. The van der Waals surface area contributed by atoms with Gasteiger partial charge in [-0.15, -0.1) is 0 Å². The Morgan fingerprint density at radius 1 is 1.12 bits per heavy atom. The molecule has 0 spiro atoms. The molecule has 0 atom stereocenters. The number of carbonyl (C=O) groups is 1. The van der Waals surface area contributed by atoms with Crippen molar-refractivity contribution in [2.24, 2.45) is 22.2 Å². The third-order valence-electron chi connectivity index (χ3n) is 4.65. The van der Waals surface area contributed by atoms with Gasteiger partial charge in [0.25, 0.3) is 5.91 Å². The van der Waals surface area contributed by atoms with E-state index >= 15 is 0 Å². The monoisotopic (exact) mass is 495 g/mol. The Balaban J connectivity index is 1.98. The van der Waals surface area contributed by atoms with E-state index in [0.717, 1.165) is 17.5 Å². The normalized spacial score (nSPS) is 12.5. The highest BCUT2D eigenvalue weighted by atomic mass is 35.5. The van der Waals surface area contributed by atoms with Crippen molar-refractivity contribution >= 4 is 52.0 Å². The van der Waals surface area contributed by atoms with Crippen molar-refractivity contribution < 1.29 is 4.79 Å². The molecular formula is C24H23Cl2N7O. The summed E-state index contributed by atoms with van der Waals surface area (Å²) >= 11 is 12.0. The number of carbonyl (C=O) groups excluding carboxylic acids is 1. The number of benzene rings is 1. The lowest BCUT2D eigenvalue weighted by atomic mass is 10.1. The Kier molecular flexibility index (Phi) is 8.24. The van der Waals surface area contributed by atoms with Gasteiger partial charge in [-0.1, -0.05) is 35.3 Å². The number of primary amides is 1. The van der Waals surface area contributed by atoms with Crippen molar-refractivity contribution in [1.29, 1.82) is 0 Å². The van der Waals surface area contributed by atoms with Gasteiger partial charge in [-0.05, 0) is 48.9 Å². The Morgan fingerprint density at radius 2 is 1.91 bits per heavy atom. The highest BCUT2D eigenvalue weighted by Crippen LogP contribution is 2.23. The molecule has 1 aromatic carbocycles. The van der Waals surface area contributed by atoms with Gasteiger partial charge in [0.15, 0.2) is 0 Å². The maximum Gasteiger partial charge on any atom is 0.252 e. The number of nitrogens with two attached hydrogens (primary N) is 3. The molecule has 8 nitrogen and oxygen atoms in total. The molecule has 3 aromatic rings. The summed E-state index contributed by atoms with van der Waals surface area (Å²) in [6.45, 7) is 2.19. The molecule has 0 aliphatic rings. The number of amides is 1. The van der Waals surface area contributed by atoms with Crippen LogP contribution in [0.5, 0.6) is 0 Å². The molecule has 7 N–H and O–H groups in total. The number of hydrogen-bond donors (Lipinski definition) is 4. The molecular weight excluding hydrogens is 473 g/mol. The predicted molar refractivity (Wildman–Crippen MR) is 138 cm³/mol.